The number of halogens is 5. The fraction of sp³-hybridized carbons (Fsp3) is 0.500. The van der Waals surface area contributed by atoms with E-state index in [1.165, 1.54) is 20.1 Å². The van der Waals surface area contributed by atoms with Crippen molar-refractivity contribution in [1.82, 2.24) is 10.2 Å². The van der Waals surface area contributed by atoms with Gasteiger partial charge in [-0.25, -0.2) is 4.39 Å². The van der Waals surface area contributed by atoms with E-state index in [2.05, 4.69) is 10.6 Å². The second-order valence-corrected chi connectivity index (χ2v) is 10.7. The van der Waals surface area contributed by atoms with Crippen molar-refractivity contribution in [2.75, 3.05) is 38.7 Å². The number of hydrogen-bond acceptors (Lipinski definition) is 6. The van der Waals surface area contributed by atoms with Crippen molar-refractivity contribution >= 4 is 17.5 Å². The molecule has 3 aliphatic heterocycles. The first kappa shape index (κ1) is 29.2. The summed E-state index contributed by atoms with van der Waals surface area (Å²) in [6.07, 6.45) is -6.62. The van der Waals surface area contributed by atoms with Crippen LogP contribution in [0.4, 0.5) is 27.6 Å². The average Bonchev–Trinajstić information content (AvgIpc) is 3.34. The summed E-state index contributed by atoms with van der Waals surface area (Å²) in [5, 5.41) is 5.72. The second-order valence-electron chi connectivity index (χ2n) is 10.7. The standard InChI is InChI=1S/C28H30F5N3O5/c1-14-21(19-6-7-20(29)22(30)23(19)40-9-8-39-3)24(41-27(14,2)28(31,32)33)25(37)35-16-4-5-18-15(10-16)13-36(26(18)38)17-11-34-12-17/h4-7,10,14,17,21,24,34H,8-9,11-13H2,1-3H3,(H,35,37)/t14-,21-,24+,27+/m0/s1. The molecule has 2 N–H and O–H groups in total. The van der Waals surface area contributed by atoms with Gasteiger partial charge in [0.1, 0.15) is 12.7 Å². The summed E-state index contributed by atoms with van der Waals surface area (Å²) in [7, 11) is 1.37. The summed E-state index contributed by atoms with van der Waals surface area (Å²) in [6, 6.07) is 6.61. The van der Waals surface area contributed by atoms with Gasteiger partial charge in [-0.2, -0.15) is 17.6 Å². The lowest BCUT2D eigenvalue weighted by Crippen LogP contribution is -2.57. The van der Waals surface area contributed by atoms with E-state index in [0.717, 1.165) is 19.1 Å². The molecule has 13 heteroatoms. The third kappa shape index (κ3) is 5.04. The Balaban J connectivity index is 1.47. The van der Waals surface area contributed by atoms with Gasteiger partial charge in [-0.3, -0.25) is 9.59 Å². The Bertz CT molecular complexity index is 1350. The van der Waals surface area contributed by atoms with Gasteiger partial charge in [-0.1, -0.05) is 13.0 Å². The molecule has 2 aromatic rings. The lowest BCUT2D eigenvalue weighted by atomic mass is 9.77. The predicted octanol–water partition coefficient (Wildman–Crippen LogP) is 4.00. The molecule has 5 rings (SSSR count). The number of hydrogen-bond donors (Lipinski definition) is 2. The molecule has 0 radical (unpaired) electrons. The zero-order chi connectivity index (χ0) is 29.7. The quantitative estimate of drug-likeness (QED) is 0.361. The lowest BCUT2D eigenvalue weighted by molar-refractivity contribution is -0.272. The Morgan fingerprint density at radius 2 is 1.93 bits per heavy atom. The molecule has 2 saturated heterocycles. The summed E-state index contributed by atoms with van der Waals surface area (Å²) >= 11 is 0. The van der Waals surface area contributed by atoms with E-state index in [-0.39, 0.29) is 36.4 Å². The summed E-state index contributed by atoms with van der Waals surface area (Å²) < 4.78 is 87.7. The Morgan fingerprint density at radius 3 is 2.56 bits per heavy atom. The van der Waals surface area contributed by atoms with E-state index in [0.29, 0.717) is 30.8 Å². The fourth-order valence-corrected chi connectivity index (χ4v) is 5.63. The molecule has 0 unspecified atom stereocenters. The Labute approximate surface area is 233 Å². The molecule has 0 aliphatic carbocycles. The van der Waals surface area contributed by atoms with Crippen molar-refractivity contribution in [3.05, 3.63) is 58.7 Å². The molecule has 0 bridgehead atoms. The predicted molar refractivity (Wildman–Crippen MR) is 137 cm³/mol. The lowest BCUT2D eigenvalue weighted by Gasteiger charge is -2.35. The number of carbonyl (C=O) groups is 2. The van der Waals surface area contributed by atoms with Gasteiger partial charge < -0.3 is 29.7 Å². The molecule has 4 atom stereocenters. The minimum atomic E-state index is -4.89. The number of fused-ring (bicyclic) bond motifs is 1. The number of amides is 2. The maximum atomic E-state index is 14.9. The topological polar surface area (TPSA) is 89.1 Å². The number of nitrogens with zero attached hydrogens (tertiary/aromatic N) is 1. The highest BCUT2D eigenvalue weighted by molar-refractivity contribution is 6.00. The monoisotopic (exact) mass is 583 g/mol. The first-order valence-electron chi connectivity index (χ1n) is 13.2. The van der Waals surface area contributed by atoms with Gasteiger partial charge in [0.15, 0.2) is 17.2 Å². The maximum Gasteiger partial charge on any atom is 0.417 e. The van der Waals surface area contributed by atoms with Crippen molar-refractivity contribution < 1.29 is 45.8 Å². The van der Waals surface area contributed by atoms with Crippen LogP contribution in [0, 0.1) is 17.6 Å². The minimum absolute atomic E-state index is 0.00577. The fourth-order valence-electron chi connectivity index (χ4n) is 5.63. The van der Waals surface area contributed by atoms with Crippen LogP contribution in [0.1, 0.15) is 41.3 Å². The first-order valence-corrected chi connectivity index (χ1v) is 13.2. The van der Waals surface area contributed by atoms with Gasteiger partial charge in [0.25, 0.3) is 11.8 Å². The number of ether oxygens (including phenoxy) is 3. The molecular formula is C28H30F5N3O5. The van der Waals surface area contributed by atoms with Crippen molar-refractivity contribution in [2.45, 2.75) is 50.2 Å². The number of benzene rings is 2. The van der Waals surface area contributed by atoms with Crippen molar-refractivity contribution in [3.8, 4) is 5.75 Å². The van der Waals surface area contributed by atoms with E-state index in [1.54, 1.807) is 17.0 Å². The van der Waals surface area contributed by atoms with Gasteiger partial charge in [0.05, 0.1) is 12.6 Å². The molecule has 3 aliphatic rings. The molecule has 2 fully saturated rings. The summed E-state index contributed by atoms with van der Waals surface area (Å²) in [5.74, 6) is -7.04. The third-order valence-corrected chi connectivity index (χ3v) is 8.31. The van der Waals surface area contributed by atoms with Gasteiger partial charge in [0.2, 0.25) is 5.82 Å². The highest BCUT2D eigenvalue weighted by Crippen LogP contribution is 2.55. The second kappa shape index (κ2) is 10.8. The van der Waals surface area contributed by atoms with Gasteiger partial charge in [0, 0.05) is 55.4 Å². The molecule has 2 aromatic carbocycles. The molecular weight excluding hydrogens is 553 g/mol. The highest BCUT2D eigenvalue weighted by Gasteiger charge is 2.66. The van der Waals surface area contributed by atoms with E-state index in [4.69, 9.17) is 14.2 Å². The van der Waals surface area contributed by atoms with Crippen LogP contribution in [0.5, 0.6) is 5.75 Å². The van der Waals surface area contributed by atoms with Crippen LogP contribution < -0.4 is 15.4 Å². The maximum absolute atomic E-state index is 14.9. The largest absolute Gasteiger partial charge is 0.488 e. The van der Waals surface area contributed by atoms with Gasteiger partial charge in [-0.05, 0) is 36.8 Å². The van der Waals surface area contributed by atoms with E-state index in [9.17, 15) is 31.5 Å². The smallest absolute Gasteiger partial charge is 0.417 e. The number of carbonyl (C=O) groups excluding carboxylic acids is 2. The molecule has 222 valence electrons. The van der Waals surface area contributed by atoms with Crippen molar-refractivity contribution in [1.29, 1.82) is 0 Å². The molecule has 2 amide bonds. The van der Waals surface area contributed by atoms with Crippen LogP contribution in [0.25, 0.3) is 0 Å². The summed E-state index contributed by atoms with van der Waals surface area (Å²) in [5.41, 5.74) is -1.50. The van der Waals surface area contributed by atoms with E-state index >= 15 is 0 Å². The highest BCUT2D eigenvalue weighted by atomic mass is 19.4. The van der Waals surface area contributed by atoms with Gasteiger partial charge in [-0.15, -0.1) is 0 Å². The first-order chi connectivity index (χ1) is 19.4. The van der Waals surface area contributed by atoms with Crippen molar-refractivity contribution in [2.24, 2.45) is 5.92 Å². The molecule has 41 heavy (non-hydrogen) atoms. The Morgan fingerprint density at radius 1 is 1.20 bits per heavy atom. The van der Waals surface area contributed by atoms with Crippen LogP contribution in [0.3, 0.4) is 0 Å². The van der Waals surface area contributed by atoms with E-state index < -0.39 is 53.0 Å². The molecule has 0 aromatic heterocycles. The van der Waals surface area contributed by atoms with Crippen LogP contribution in [0.15, 0.2) is 30.3 Å². The van der Waals surface area contributed by atoms with Crippen LogP contribution in [-0.2, 0) is 20.8 Å². The number of anilines is 1. The van der Waals surface area contributed by atoms with Crippen LogP contribution >= 0.6 is 0 Å². The number of methoxy groups -OCH3 is 1. The SMILES string of the molecule is COCCOc1c([C@H]2[C@H](C(=O)Nc3ccc4c(c3)CN(C3CNC3)C4=O)O[C@@](C)(C(F)(F)F)[C@H]2C)ccc(F)c1F. The zero-order valence-corrected chi connectivity index (χ0v) is 22.6. The van der Waals surface area contributed by atoms with Gasteiger partial charge >= 0.3 is 6.18 Å². The molecule has 0 spiro atoms. The number of nitrogens with one attached hydrogen (secondary N) is 2. The molecule has 3 heterocycles. The Hall–Kier alpha value is -3.29. The van der Waals surface area contributed by atoms with E-state index in [1.807, 2.05) is 0 Å². The van der Waals surface area contributed by atoms with Crippen molar-refractivity contribution in [3.63, 3.8) is 0 Å². The van der Waals surface area contributed by atoms with Crippen LogP contribution in [-0.4, -0.2) is 74.1 Å². The average molecular weight is 584 g/mol. The number of rotatable bonds is 8. The third-order valence-electron chi connectivity index (χ3n) is 8.31. The van der Waals surface area contributed by atoms with Crippen LogP contribution in [0.2, 0.25) is 0 Å². The number of alkyl halides is 3. The summed E-state index contributed by atoms with van der Waals surface area (Å²) in [6.45, 7) is 3.58. The zero-order valence-electron chi connectivity index (χ0n) is 22.6. The Kier molecular flexibility index (Phi) is 7.72. The normalized spacial score (nSPS) is 26.2. The molecule has 8 nitrogen and oxygen atoms in total. The summed E-state index contributed by atoms with van der Waals surface area (Å²) in [4.78, 5) is 28.0. The molecule has 0 saturated carbocycles. The minimum Gasteiger partial charge on any atom is -0.488 e.